The fourth-order valence-corrected chi connectivity index (χ4v) is 2.65. The van der Waals surface area contributed by atoms with Gasteiger partial charge in [0.15, 0.2) is 0 Å². The van der Waals surface area contributed by atoms with E-state index in [1.807, 2.05) is 42.6 Å². The van der Waals surface area contributed by atoms with Gasteiger partial charge in [-0.05, 0) is 46.3 Å². The molecule has 90 valence electrons. The molecule has 0 saturated heterocycles. The predicted octanol–water partition coefficient (Wildman–Crippen LogP) is 5.44. The third kappa shape index (κ3) is 2.18. The zero-order chi connectivity index (χ0) is 12.5. The zero-order valence-electron chi connectivity index (χ0n) is 9.37. The Morgan fingerprint density at radius 1 is 0.944 bits per heavy atom. The molecular weight excluding hydrogens is 356 g/mol. The molecule has 0 amide bonds. The number of hydrogen-bond donors (Lipinski definition) is 2. The van der Waals surface area contributed by atoms with E-state index in [2.05, 4.69) is 48.2 Å². The van der Waals surface area contributed by atoms with Gasteiger partial charge in [-0.25, -0.2) is 0 Å². The van der Waals surface area contributed by atoms with Gasteiger partial charge < -0.3 is 10.3 Å². The van der Waals surface area contributed by atoms with Crippen LogP contribution in [0.4, 0.5) is 11.4 Å². The summed E-state index contributed by atoms with van der Waals surface area (Å²) in [5, 5.41) is 4.58. The maximum absolute atomic E-state index is 3.54. The third-order valence-electron chi connectivity index (χ3n) is 2.79. The Morgan fingerprint density at radius 2 is 1.72 bits per heavy atom. The third-order valence-corrected chi connectivity index (χ3v) is 3.98. The van der Waals surface area contributed by atoms with E-state index in [1.165, 1.54) is 5.39 Å². The van der Waals surface area contributed by atoms with Crippen LogP contribution in [0.25, 0.3) is 10.9 Å². The Labute approximate surface area is 122 Å². The van der Waals surface area contributed by atoms with Crippen LogP contribution in [0.15, 0.2) is 57.6 Å². The second-order valence-electron chi connectivity index (χ2n) is 4.00. The average molecular weight is 366 g/mol. The smallest absolute Gasteiger partial charge is 0.0642 e. The molecule has 0 unspecified atom stereocenters. The fraction of sp³-hybridized carbons (Fsp3) is 0. The number of rotatable bonds is 2. The lowest BCUT2D eigenvalue weighted by Crippen LogP contribution is -1.88. The summed E-state index contributed by atoms with van der Waals surface area (Å²) in [6, 6.07) is 14.3. The number of nitrogens with one attached hydrogen (secondary N) is 2. The summed E-state index contributed by atoms with van der Waals surface area (Å²) in [5.41, 5.74) is 3.25. The molecule has 0 fully saturated rings. The second-order valence-corrected chi connectivity index (χ2v) is 5.77. The number of para-hydroxylation sites is 1. The van der Waals surface area contributed by atoms with E-state index >= 15 is 0 Å². The SMILES string of the molecule is Brc1ccc(Nc2c[nH]c3c(Br)cccc23)cc1. The molecule has 3 rings (SSSR count). The summed E-state index contributed by atoms with van der Waals surface area (Å²) < 4.78 is 2.15. The highest BCUT2D eigenvalue weighted by atomic mass is 79.9. The highest BCUT2D eigenvalue weighted by Gasteiger charge is 2.05. The molecule has 0 bridgehead atoms. The van der Waals surface area contributed by atoms with Crippen LogP contribution in [0.5, 0.6) is 0 Å². The van der Waals surface area contributed by atoms with Crippen molar-refractivity contribution >= 4 is 54.1 Å². The molecule has 1 aromatic heterocycles. The Bertz CT molecular complexity index is 687. The van der Waals surface area contributed by atoms with Crippen molar-refractivity contribution in [2.75, 3.05) is 5.32 Å². The lowest BCUT2D eigenvalue weighted by Gasteiger charge is -2.05. The molecule has 0 aliphatic carbocycles. The van der Waals surface area contributed by atoms with Gasteiger partial charge in [0.25, 0.3) is 0 Å². The number of H-pyrrole nitrogens is 1. The maximum Gasteiger partial charge on any atom is 0.0642 e. The van der Waals surface area contributed by atoms with Crippen molar-refractivity contribution < 1.29 is 0 Å². The van der Waals surface area contributed by atoms with E-state index in [1.54, 1.807) is 0 Å². The Hall–Kier alpha value is -1.26. The van der Waals surface area contributed by atoms with Gasteiger partial charge in [-0.15, -0.1) is 0 Å². The average Bonchev–Trinajstić information content (AvgIpc) is 2.77. The highest BCUT2D eigenvalue weighted by molar-refractivity contribution is 9.11. The minimum Gasteiger partial charge on any atom is -0.358 e. The second kappa shape index (κ2) is 4.78. The van der Waals surface area contributed by atoms with E-state index in [0.29, 0.717) is 0 Å². The van der Waals surface area contributed by atoms with Crippen LogP contribution in [0, 0.1) is 0 Å². The van der Waals surface area contributed by atoms with E-state index < -0.39 is 0 Å². The van der Waals surface area contributed by atoms with Crippen LogP contribution < -0.4 is 5.32 Å². The molecule has 4 heteroatoms. The van der Waals surface area contributed by atoms with Crippen molar-refractivity contribution in [1.29, 1.82) is 0 Å². The number of aromatic nitrogens is 1. The molecule has 0 spiro atoms. The van der Waals surface area contributed by atoms with Gasteiger partial charge in [0.2, 0.25) is 0 Å². The maximum atomic E-state index is 3.54. The van der Waals surface area contributed by atoms with E-state index in [4.69, 9.17) is 0 Å². The predicted molar refractivity (Wildman–Crippen MR) is 83.4 cm³/mol. The van der Waals surface area contributed by atoms with Crippen LogP contribution in [0.3, 0.4) is 0 Å². The van der Waals surface area contributed by atoms with E-state index in [-0.39, 0.29) is 0 Å². The Morgan fingerprint density at radius 3 is 2.50 bits per heavy atom. The first kappa shape index (κ1) is 11.8. The topological polar surface area (TPSA) is 27.8 Å². The lowest BCUT2D eigenvalue weighted by atomic mass is 10.2. The van der Waals surface area contributed by atoms with Crippen LogP contribution in [-0.4, -0.2) is 4.98 Å². The van der Waals surface area contributed by atoms with Crippen molar-refractivity contribution in [2.24, 2.45) is 0 Å². The van der Waals surface area contributed by atoms with Gasteiger partial charge in [0.05, 0.1) is 11.2 Å². The van der Waals surface area contributed by atoms with Crippen molar-refractivity contribution in [3.05, 3.63) is 57.6 Å². The van der Waals surface area contributed by atoms with Crippen molar-refractivity contribution in [3.63, 3.8) is 0 Å². The molecule has 2 N–H and O–H groups in total. The van der Waals surface area contributed by atoms with Crippen molar-refractivity contribution in [1.82, 2.24) is 4.98 Å². The van der Waals surface area contributed by atoms with Crippen LogP contribution in [0.1, 0.15) is 0 Å². The molecule has 0 radical (unpaired) electrons. The monoisotopic (exact) mass is 364 g/mol. The first-order valence-corrected chi connectivity index (χ1v) is 7.11. The molecule has 3 aromatic rings. The van der Waals surface area contributed by atoms with Crippen LogP contribution in [0.2, 0.25) is 0 Å². The zero-order valence-corrected chi connectivity index (χ0v) is 12.5. The molecule has 0 atom stereocenters. The molecule has 0 aliphatic rings. The molecule has 0 saturated carbocycles. The highest BCUT2D eigenvalue weighted by Crippen LogP contribution is 2.30. The summed E-state index contributed by atoms with van der Waals surface area (Å²) in [6.45, 7) is 0. The largest absolute Gasteiger partial charge is 0.358 e. The molecule has 0 aliphatic heterocycles. The molecule has 18 heavy (non-hydrogen) atoms. The van der Waals surface area contributed by atoms with Gasteiger partial charge in [0, 0.05) is 26.2 Å². The number of fused-ring (bicyclic) bond motifs is 1. The lowest BCUT2D eigenvalue weighted by molar-refractivity contribution is 1.45. The van der Waals surface area contributed by atoms with Gasteiger partial charge in [-0.2, -0.15) is 0 Å². The first-order chi connectivity index (χ1) is 8.74. The van der Waals surface area contributed by atoms with E-state index in [9.17, 15) is 0 Å². The number of aromatic amines is 1. The molecule has 1 heterocycles. The molecule has 2 nitrogen and oxygen atoms in total. The standard InChI is InChI=1S/C14H10Br2N2/c15-9-4-6-10(7-5-9)18-13-8-17-14-11(13)2-1-3-12(14)16/h1-8,17-18H. The summed E-state index contributed by atoms with van der Waals surface area (Å²) in [6.07, 6.45) is 1.98. The number of anilines is 2. The minimum atomic E-state index is 1.07. The quantitative estimate of drug-likeness (QED) is 0.622. The molecular formula is C14H10Br2N2. The molecule has 2 aromatic carbocycles. The first-order valence-electron chi connectivity index (χ1n) is 5.52. The summed E-state index contributed by atoms with van der Waals surface area (Å²) in [5.74, 6) is 0. The van der Waals surface area contributed by atoms with Crippen molar-refractivity contribution in [3.8, 4) is 0 Å². The van der Waals surface area contributed by atoms with Gasteiger partial charge in [-0.3, -0.25) is 0 Å². The van der Waals surface area contributed by atoms with Crippen LogP contribution >= 0.6 is 31.9 Å². The fourth-order valence-electron chi connectivity index (χ4n) is 1.91. The summed E-state index contributed by atoms with van der Waals surface area (Å²) in [4.78, 5) is 3.27. The van der Waals surface area contributed by atoms with Crippen molar-refractivity contribution in [2.45, 2.75) is 0 Å². The number of hydrogen-bond acceptors (Lipinski definition) is 1. The van der Waals surface area contributed by atoms with Gasteiger partial charge >= 0.3 is 0 Å². The Balaban J connectivity index is 2.00. The van der Waals surface area contributed by atoms with E-state index in [0.717, 1.165) is 25.8 Å². The summed E-state index contributed by atoms with van der Waals surface area (Å²) in [7, 11) is 0. The number of halogens is 2. The van der Waals surface area contributed by atoms with Gasteiger partial charge in [0.1, 0.15) is 0 Å². The normalized spacial score (nSPS) is 10.8. The Kier molecular flexibility index (Phi) is 3.14. The minimum absolute atomic E-state index is 1.07. The van der Waals surface area contributed by atoms with Crippen LogP contribution in [-0.2, 0) is 0 Å². The summed E-state index contributed by atoms with van der Waals surface area (Å²) >= 11 is 6.97. The number of benzene rings is 2. The van der Waals surface area contributed by atoms with Gasteiger partial charge in [-0.1, -0.05) is 28.1 Å².